The van der Waals surface area contributed by atoms with Crippen molar-refractivity contribution in [1.29, 1.82) is 0 Å². The summed E-state index contributed by atoms with van der Waals surface area (Å²) < 4.78 is 41.8. The predicted molar refractivity (Wildman–Crippen MR) is 93.4 cm³/mol. The number of amides is 1. The Morgan fingerprint density at radius 1 is 1.30 bits per heavy atom. The second-order valence-corrected chi connectivity index (χ2v) is 6.15. The van der Waals surface area contributed by atoms with Gasteiger partial charge in [-0.1, -0.05) is 17.3 Å². The van der Waals surface area contributed by atoms with E-state index in [4.69, 9.17) is 5.73 Å². The molecular weight excluding hydrogens is 387 g/mol. The van der Waals surface area contributed by atoms with Crippen LogP contribution in [0.4, 0.5) is 13.2 Å². The maximum absolute atomic E-state index is 12.7. The molecule has 0 aliphatic carbocycles. The number of alkyl halides is 3. The standard InChI is InChI=1S/C16H18F3N5O2.ClH/c1-23-6-7-24(12(8-20)9-23)14(25)11-4-2-10(3-5-11)13-21-15(26-22-13)16(17,18)19;/h2-5,12H,6-9,20H2,1H3;1H. The van der Waals surface area contributed by atoms with Gasteiger partial charge < -0.3 is 20.1 Å². The van der Waals surface area contributed by atoms with Crippen molar-refractivity contribution in [1.82, 2.24) is 19.9 Å². The van der Waals surface area contributed by atoms with Gasteiger partial charge in [-0.3, -0.25) is 4.79 Å². The lowest BCUT2D eigenvalue weighted by Gasteiger charge is -2.39. The third-order valence-corrected chi connectivity index (χ3v) is 4.28. The third kappa shape index (κ3) is 4.57. The first-order valence-electron chi connectivity index (χ1n) is 8.00. The Kier molecular flexibility index (Phi) is 6.45. The van der Waals surface area contributed by atoms with Gasteiger partial charge in [0, 0.05) is 37.3 Å². The van der Waals surface area contributed by atoms with Gasteiger partial charge in [-0.05, 0) is 19.2 Å². The Morgan fingerprint density at radius 3 is 2.52 bits per heavy atom. The van der Waals surface area contributed by atoms with Crippen LogP contribution in [0.15, 0.2) is 28.8 Å². The van der Waals surface area contributed by atoms with E-state index in [0.717, 1.165) is 6.54 Å². The van der Waals surface area contributed by atoms with Crippen LogP contribution in [0.2, 0.25) is 0 Å². The van der Waals surface area contributed by atoms with Crippen molar-refractivity contribution in [2.45, 2.75) is 12.2 Å². The number of nitrogens with two attached hydrogens (primary N) is 1. The van der Waals surface area contributed by atoms with Crippen LogP contribution in [0, 0.1) is 0 Å². The van der Waals surface area contributed by atoms with E-state index >= 15 is 0 Å². The van der Waals surface area contributed by atoms with Crippen molar-refractivity contribution in [2.75, 3.05) is 33.2 Å². The van der Waals surface area contributed by atoms with Crippen LogP contribution in [0.1, 0.15) is 16.2 Å². The Labute approximate surface area is 159 Å². The number of hydrogen-bond acceptors (Lipinski definition) is 6. The number of hydrogen-bond donors (Lipinski definition) is 1. The largest absolute Gasteiger partial charge is 0.471 e. The minimum absolute atomic E-state index is 0. The van der Waals surface area contributed by atoms with Crippen molar-refractivity contribution in [2.24, 2.45) is 5.73 Å². The maximum Gasteiger partial charge on any atom is 0.471 e. The molecule has 3 rings (SSSR count). The molecular formula is C16H19ClF3N5O2. The molecule has 11 heteroatoms. The Morgan fingerprint density at radius 2 is 1.96 bits per heavy atom. The van der Waals surface area contributed by atoms with Crippen LogP contribution >= 0.6 is 12.4 Å². The highest BCUT2D eigenvalue weighted by Gasteiger charge is 2.38. The third-order valence-electron chi connectivity index (χ3n) is 4.28. The van der Waals surface area contributed by atoms with Crippen molar-refractivity contribution in [3.63, 3.8) is 0 Å². The summed E-state index contributed by atoms with van der Waals surface area (Å²) in [6.07, 6.45) is -4.69. The molecule has 1 amide bonds. The van der Waals surface area contributed by atoms with E-state index in [-0.39, 0.29) is 30.2 Å². The number of rotatable bonds is 3. The molecule has 1 saturated heterocycles. The summed E-state index contributed by atoms with van der Waals surface area (Å²) in [6, 6.07) is 5.98. The summed E-state index contributed by atoms with van der Waals surface area (Å²) in [6.45, 7) is 2.38. The number of carbonyl (C=O) groups excluding carboxylic acids is 1. The van der Waals surface area contributed by atoms with Crippen LogP contribution in [0.3, 0.4) is 0 Å². The Balaban J connectivity index is 0.00000261. The molecule has 1 fully saturated rings. The van der Waals surface area contributed by atoms with Gasteiger partial charge in [-0.25, -0.2) is 0 Å². The molecule has 0 radical (unpaired) electrons. The molecule has 0 saturated carbocycles. The predicted octanol–water partition coefficient (Wildman–Crippen LogP) is 1.89. The number of halogens is 4. The number of likely N-dealkylation sites (N-methyl/N-ethyl adjacent to an activating group) is 1. The monoisotopic (exact) mass is 405 g/mol. The van der Waals surface area contributed by atoms with Gasteiger partial charge in [0.1, 0.15) is 0 Å². The van der Waals surface area contributed by atoms with E-state index < -0.39 is 12.1 Å². The van der Waals surface area contributed by atoms with Crippen molar-refractivity contribution in [3.05, 3.63) is 35.7 Å². The number of nitrogens with zero attached hydrogens (tertiary/aromatic N) is 4. The minimum Gasteiger partial charge on any atom is -0.332 e. The molecule has 2 heterocycles. The average Bonchev–Trinajstić information content (AvgIpc) is 3.11. The van der Waals surface area contributed by atoms with Crippen LogP contribution in [0.5, 0.6) is 0 Å². The van der Waals surface area contributed by atoms with Crippen molar-refractivity contribution < 1.29 is 22.5 Å². The Bertz CT molecular complexity index is 781. The molecule has 2 aromatic rings. The zero-order chi connectivity index (χ0) is 18.9. The van der Waals surface area contributed by atoms with Gasteiger partial charge in [0.05, 0.1) is 6.04 Å². The summed E-state index contributed by atoms with van der Waals surface area (Å²) >= 11 is 0. The molecule has 1 aliphatic rings. The summed E-state index contributed by atoms with van der Waals surface area (Å²) in [5.74, 6) is -1.75. The SMILES string of the molecule is CN1CCN(C(=O)c2ccc(-c3noc(C(F)(F)F)n3)cc2)C(CN)C1.Cl. The molecule has 1 atom stereocenters. The fourth-order valence-corrected chi connectivity index (χ4v) is 2.86. The number of piperazine rings is 1. The van der Waals surface area contributed by atoms with Crippen LogP contribution in [-0.4, -0.2) is 65.1 Å². The van der Waals surface area contributed by atoms with Crippen LogP contribution in [-0.2, 0) is 6.18 Å². The number of carbonyl (C=O) groups is 1. The lowest BCUT2D eigenvalue weighted by molar-refractivity contribution is -0.159. The maximum atomic E-state index is 12.7. The quantitative estimate of drug-likeness (QED) is 0.839. The number of benzene rings is 1. The molecule has 27 heavy (non-hydrogen) atoms. The number of aromatic nitrogens is 2. The second-order valence-electron chi connectivity index (χ2n) is 6.15. The highest BCUT2D eigenvalue weighted by molar-refractivity contribution is 5.95. The molecule has 1 unspecified atom stereocenters. The highest BCUT2D eigenvalue weighted by Crippen LogP contribution is 2.29. The van der Waals surface area contributed by atoms with E-state index in [9.17, 15) is 18.0 Å². The first kappa shape index (κ1) is 21.1. The fourth-order valence-electron chi connectivity index (χ4n) is 2.86. The first-order chi connectivity index (χ1) is 12.3. The van der Waals surface area contributed by atoms with Crippen molar-refractivity contribution in [3.8, 4) is 11.4 Å². The summed E-state index contributed by atoms with van der Waals surface area (Å²) in [4.78, 5) is 19.9. The van der Waals surface area contributed by atoms with E-state index in [2.05, 4.69) is 19.6 Å². The molecule has 2 N–H and O–H groups in total. The van der Waals surface area contributed by atoms with Crippen LogP contribution < -0.4 is 5.73 Å². The van der Waals surface area contributed by atoms with E-state index in [1.54, 1.807) is 4.90 Å². The van der Waals surface area contributed by atoms with Gasteiger partial charge in [0.2, 0.25) is 5.82 Å². The normalized spacial score (nSPS) is 18.3. The lowest BCUT2D eigenvalue weighted by Crippen LogP contribution is -2.56. The van der Waals surface area contributed by atoms with Gasteiger partial charge in [-0.2, -0.15) is 18.2 Å². The molecule has 0 bridgehead atoms. The zero-order valence-corrected chi connectivity index (χ0v) is 15.3. The molecule has 1 aromatic carbocycles. The highest BCUT2D eigenvalue weighted by atomic mass is 35.5. The van der Waals surface area contributed by atoms with Crippen molar-refractivity contribution >= 4 is 18.3 Å². The lowest BCUT2D eigenvalue weighted by atomic mass is 10.1. The fraction of sp³-hybridized carbons (Fsp3) is 0.438. The molecule has 1 aliphatic heterocycles. The molecule has 148 valence electrons. The molecule has 7 nitrogen and oxygen atoms in total. The summed E-state index contributed by atoms with van der Waals surface area (Å²) in [7, 11) is 1.97. The van der Waals surface area contributed by atoms with Crippen LogP contribution in [0.25, 0.3) is 11.4 Å². The minimum atomic E-state index is -4.69. The molecule has 1 aromatic heterocycles. The van der Waals surface area contributed by atoms with E-state index in [0.29, 0.717) is 30.8 Å². The molecule has 0 spiro atoms. The summed E-state index contributed by atoms with van der Waals surface area (Å²) in [5.41, 5.74) is 6.53. The first-order valence-corrected chi connectivity index (χ1v) is 8.00. The van der Waals surface area contributed by atoms with E-state index in [1.807, 2.05) is 7.05 Å². The zero-order valence-electron chi connectivity index (χ0n) is 14.4. The topological polar surface area (TPSA) is 88.5 Å². The Hall–Kier alpha value is -2.17. The van der Waals surface area contributed by atoms with Gasteiger partial charge in [-0.15, -0.1) is 12.4 Å². The van der Waals surface area contributed by atoms with Gasteiger partial charge in [0.15, 0.2) is 0 Å². The van der Waals surface area contributed by atoms with E-state index in [1.165, 1.54) is 24.3 Å². The second kappa shape index (κ2) is 8.24. The van der Waals surface area contributed by atoms with Gasteiger partial charge in [0.25, 0.3) is 5.91 Å². The smallest absolute Gasteiger partial charge is 0.332 e. The summed E-state index contributed by atoms with van der Waals surface area (Å²) in [5, 5.41) is 3.33. The van der Waals surface area contributed by atoms with Gasteiger partial charge >= 0.3 is 12.1 Å². The average molecular weight is 406 g/mol.